The quantitative estimate of drug-likeness (QED) is 0.244. The van der Waals surface area contributed by atoms with Crippen molar-refractivity contribution in [3.8, 4) is 11.1 Å². The van der Waals surface area contributed by atoms with Crippen LogP contribution in [0, 0.1) is 19.8 Å². The van der Waals surface area contributed by atoms with E-state index in [2.05, 4.69) is 16.8 Å². The van der Waals surface area contributed by atoms with Gasteiger partial charge in [-0.05, 0) is 68.7 Å². The molecule has 1 N–H and O–H groups in total. The van der Waals surface area contributed by atoms with Gasteiger partial charge in [0.15, 0.2) is 5.82 Å². The van der Waals surface area contributed by atoms with Crippen LogP contribution < -0.4 is 4.72 Å². The number of hydrogen-bond acceptors (Lipinski definition) is 7. The number of aromatic nitrogens is 1. The Hall–Kier alpha value is -3.99. The Bertz CT molecular complexity index is 1790. The predicted octanol–water partition coefficient (Wildman–Crippen LogP) is 6.37. The highest BCUT2D eigenvalue weighted by atomic mass is 32.2. The molecule has 2 aromatic carbocycles. The molecule has 2 aliphatic carbocycles. The Morgan fingerprint density at radius 3 is 2.52 bits per heavy atom. The van der Waals surface area contributed by atoms with Crippen molar-refractivity contribution >= 4 is 33.5 Å². The number of aryl methyl sites for hydroxylation is 1. The lowest BCUT2D eigenvalue weighted by Crippen LogP contribution is -2.40. The summed E-state index contributed by atoms with van der Waals surface area (Å²) in [6, 6.07) is 12.7. The number of benzene rings is 2. The van der Waals surface area contributed by atoms with E-state index in [4.69, 9.17) is 9.52 Å². The minimum Gasteiger partial charge on any atom is -0.359 e. The molecule has 2 fully saturated rings. The number of anilines is 1. The summed E-state index contributed by atoms with van der Waals surface area (Å²) in [7, 11) is -2.26. The molecule has 1 aliphatic heterocycles. The number of nitrogens with zero attached hydrogens (tertiary/aromatic N) is 4. The number of amides is 2. The molecule has 0 atom stereocenters. The molecule has 0 bridgehead atoms. The summed E-state index contributed by atoms with van der Waals surface area (Å²) in [5.74, 6) is 1.76. The summed E-state index contributed by atoms with van der Waals surface area (Å²) in [5, 5.41) is 3.89. The lowest BCUT2D eigenvalue weighted by atomic mass is 9.96. The van der Waals surface area contributed by atoms with Gasteiger partial charge in [-0.2, -0.15) is 0 Å². The van der Waals surface area contributed by atoms with Gasteiger partial charge < -0.3 is 9.42 Å². The van der Waals surface area contributed by atoms with Crippen LogP contribution in [0.15, 0.2) is 56.9 Å². The largest absolute Gasteiger partial charge is 0.359 e. The summed E-state index contributed by atoms with van der Waals surface area (Å²) in [6.07, 6.45) is 8.13. The molecule has 3 aromatic rings. The van der Waals surface area contributed by atoms with Crippen LogP contribution in [0.1, 0.15) is 87.2 Å². The second-order valence-corrected chi connectivity index (χ2v) is 14.7. The van der Waals surface area contributed by atoms with Crippen LogP contribution in [-0.2, 0) is 32.7 Å². The normalized spacial score (nSPS) is 17.5. The van der Waals surface area contributed by atoms with Crippen LogP contribution in [-0.4, -0.2) is 53.6 Å². The first-order valence-corrected chi connectivity index (χ1v) is 17.8. The summed E-state index contributed by atoms with van der Waals surface area (Å²) < 4.78 is 35.3. The molecule has 0 unspecified atom stereocenters. The third-order valence-corrected chi connectivity index (χ3v) is 11.0. The molecule has 10 nitrogen and oxygen atoms in total. The number of carbonyl (C=O) groups excluding carboxylic acids is 2. The summed E-state index contributed by atoms with van der Waals surface area (Å²) in [4.78, 5) is 35.6. The molecular formula is C35H43N5O5S. The Kier molecular flexibility index (Phi) is 8.80. The zero-order chi connectivity index (χ0) is 32.6. The highest BCUT2D eigenvalue weighted by Gasteiger charge is 2.49. The summed E-state index contributed by atoms with van der Waals surface area (Å²) >= 11 is 0. The highest BCUT2D eigenvalue weighted by molar-refractivity contribution is 7.92. The zero-order valence-electron chi connectivity index (χ0n) is 27.1. The Balaban J connectivity index is 1.37. The van der Waals surface area contributed by atoms with Crippen LogP contribution in [0.2, 0.25) is 0 Å². The van der Waals surface area contributed by atoms with Gasteiger partial charge in [0, 0.05) is 37.1 Å². The number of carbonyl (C=O) groups is 2. The number of sulfonamides is 1. The fourth-order valence-corrected chi connectivity index (χ4v) is 7.89. The zero-order valence-corrected chi connectivity index (χ0v) is 28.0. The van der Waals surface area contributed by atoms with Gasteiger partial charge in [0.2, 0.25) is 5.91 Å². The van der Waals surface area contributed by atoms with E-state index in [1.165, 1.54) is 0 Å². The Labute approximate surface area is 271 Å². The minimum absolute atomic E-state index is 0.0461. The van der Waals surface area contributed by atoms with Crippen molar-refractivity contribution in [1.82, 2.24) is 15.0 Å². The van der Waals surface area contributed by atoms with E-state index in [0.29, 0.717) is 35.5 Å². The maximum absolute atomic E-state index is 13.8. The maximum atomic E-state index is 13.8. The molecule has 6 rings (SSSR count). The van der Waals surface area contributed by atoms with Crippen molar-refractivity contribution in [3.05, 3.63) is 64.9 Å². The molecule has 46 heavy (non-hydrogen) atoms. The highest BCUT2D eigenvalue weighted by Crippen LogP contribution is 2.41. The van der Waals surface area contributed by atoms with Crippen LogP contribution in [0.3, 0.4) is 0 Å². The first-order chi connectivity index (χ1) is 22.0. The third-order valence-electron chi connectivity index (χ3n) is 9.56. The fourth-order valence-electron chi connectivity index (χ4n) is 6.61. The van der Waals surface area contributed by atoms with Gasteiger partial charge in [-0.1, -0.05) is 67.7 Å². The van der Waals surface area contributed by atoms with Gasteiger partial charge in [0.1, 0.15) is 17.1 Å². The van der Waals surface area contributed by atoms with E-state index in [1.807, 2.05) is 23.1 Å². The van der Waals surface area contributed by atoms with Gasteiger partial charge in [-0.3, -0.25) is 24.2 Å². The second-order valence-electron chi connectivity index (χ2n) is 13.0. The SMILES string of the molecule is CCCCC1=NC2(CCCC2)C(=O)N1Cc1ccc(-c2ccccc2S(=O)(=O)Nc2noc(C)c2C)c(CN(C)C(=O)C2CC2)c1. The van der Waals surface area contributed by atoms with Gasteiger partial charge in [-0.15, -0.1) is 0 Å². The van der Waals surface area contributed by atoms with Crippen LogP contribution in [0.4, 0.5) is 5.82 Å². The number of nitrogens with one attached hydrogen (secondary N) is 1. The standard InChI is InChI=1S/C35H43N5O5S/c1-5-6-13-31-36-35(18-9-10-19-35)34(42)40(31)21-25-14-17-28(27(20-25)22-39(4)33(41)26-15-16-26)29-11-7-8-12-30(29)46(43,44)38-32-23(2)24(3)45-37-32/h7-8,11-12,14,17,20,26H,5-6,9-10,13,15-16,18-19,21-22H2,1-4H3,(H,37,38). The van der Waals surface area contributed by atoms with E-state index in [-0.39, 0.29) is 28.4 Å². The average Bonchev–Trinajstić information content (AvgIpc) is 3.64. The number of hydrogen-bond donors (Lipinski definition) is 1. The predicted molar refractivity (Wildman–Crippen MR) is 177 cm³/mol. The van der Waals surface area contributed by atoms with E-state index in [9.17, 15) is 18.0 Å². The molecular weight excluding hydrogens is 602 g/mol. The lowest BCUT2D eigenvalue weighted by molar-refractivity contribution is -0.132. The van der Waals surface area contributed by atoms with E-state index in [0.717, 1.165) is 74.7 Å². The minimum atomic E-state index is -4.05. The monoisotopic (exact) mass is 645 g/mol. The smallest absolute Gasteiger partial charge is 0.263 e. The number of aliphatic imine (C=N–C) groups is 1. The van der Waals surface area contributed by atoms with Crippen LogP contribution in [0.25, 0.3) is 11.1 Å². The van der Waals surface area contributed by atoms with Gasteiger partial charge >= 0.3 is 0 Å². The fraction of sp³-hybridized carbons (Fsp3) is 0.486. The van der Waals surface area contributed by atoms with Crippen molar-refractivity contribution in [2.75, 3.05) is 11.8 Å². The van der Waals surface area contributed by atoms with Crippen molar-refractivity contribution in [3.63, 3.8) is 0 Å². The van der Waals surface area contributed by atoms with Crippen LogP contribution >= 0.6 is 0 Å². The van der Waals surface area contributed by atoms with Gasteiger partial charge in [0.25, 0.3) is 15.9 Å². The van der Waals surface area contributed by atoms with Crippen LogP contribution in [0.5, 0.6) is 0 Å². The molecule has 11 heteroatoms. The summed E-state index contributed by atoms with van der Waals surface area (Å²) in [6.45, 7) is 6.29. The molecule has 1 aromatic heterocycles. The average molecular weight is 646 g/mol. The molecule has 2 heterocycles. The lowest BCUT2D eigenvalue weighted by Gasteiger charge is -2.24. The van der Waals surface area contributed by atoms with Crippen molar-refractivity contribution in [1.29, 1.82) is 0 Å². The maximum Gasteiger partial charge on any atom is 0.263 e. The molecule has 244 valence electrons. The molecule has 0 saturated heterocycles. The number of rotatable bonds is 12. The van der Waals surface area contributed by atoms with Crippen molar-refractivity contribution in [2.24, 2.45) is 10.9 Å². The molecule has 2 amide bonds. The first-order valence-electron chi connectivity index (χ1n) is 16.4. The van der Waals surface area contributed by atoms with Crippen molar-refractivity contribution in [2.45, 2.75) is 102 Å². The first kappa shape index (κ1) is 32.0. The number of unbranched alkanes of at least 4 members (excludes halogenated alkanes) is 1. The topological polar surface area (TPSA) is 125 Å². The van der Waals surface area contributed by atoms with E-state index < -0.39 is 15.6 Å². The van der Waals surface area contributed by atoms with Gasteiger partial charge in [0.05, 0.1) is 11.4 Å². The Morgan fingerprint density at radius 1 is 1.11 bits per heavy atom. The van der Waals surface area contributed by atoms with E-state index in [1.54, 1.807) is 50.1 Å². The van der Waals surface area contributed by atoms with E-state index >= 15 is 0 Å². The molecule has 2 saturated carbocycles. The molecule has 3 aliphatic rings. The van der Waals surface area contributed by atoms with Gasteiger partial charge in [-0.25, -0.2) is 8.42 Å². The third kappa shape index (κ3) is 6.21. The Morgan fingerprint density at radius 2 is 1.85 bits per heavy atom. The van der Waals surface area contributed by atoms with Crippen molar-refractivity contribution < 1.29 is 22.5 Å². The second kappa shape index (κ2) is 12.7. The number of amidine groups is 1. The summed E-state index contributed by atoms with van der Waals surface area (Å²) in [5.41, 5.74) is 2.92. The molecule has 0 radical (unpaired) electrons. The molecule has 1 spiro atoms.